The summed E-state index contributed by atoms with van der Waals surface area (Å²) in [7, 11) is 0. The summed E-state index contributed by atoms with van der Waals surface area (Å²) in [6.07, 6.45) is 9.86. The van der Waals surface area contributed by atoms with Crippen LogP contribution >= 0.6 is 0 Å². The second-order valence-corrected chi connectivity index (χ2v) is 9.89. The first kappa shape index (κ1) is 18.1. The Morgan fingerprint density at radius 3 is 2.69 bits per heavy atom. The lowest BCUT2D eigenvalue weighted by Crippen LogP contribution is -2.52. The Kier molecular flexibility index (Phi) is 4.06. The van der Waals surface area contributed by atoms with Crippen molar-refractivity contribution >= 4 is 5.78 Å². The maximum Gasteiger partial charge on any atom is 0.147 e. The molecule has 142 valence electrons. The van der Waals surface area contributed by atoms with E-state index < -0.39 is 5.72 Å². The highest BCUT2D eigenvalue weighted by Crippen LogP contribution is 2.66. The quantitative estimate of drug-likeness (QED) is 0.320. The van der Waals surface area contributed by atoms with Crippen LogP contribution < -0.4 is 0 Å². The van der Waals surface area contributed by atoms with Gasteiger partial charge in [0.1, 0.15) is 11.5 Å². The number of rotatable bonds is 2. The normalized spacial score (nSPS) is 49.9. The van der Waals surface area contributed by atoms with E-state index in [2.05, 4.69) is 29.9 Å². The van der Waals surface area contributed by atoms with Gasteiger partial charge in [-0.3, -0.25) is 4.79 Å². The van der Waals surface area contributed by atoms with Crippen molar-refractivity contribution in [2.24, 2.45) is 39.6 Å². The van der Waals surface area contributed by atoms with E-state index in [0.29, 0.717) is 36.4 Å². The number of hydrogen-bond donors (Lipinski definition) is 1. The number of nitrogens with zero attached hydrogens (tertiary/aromatic N) is 3. The predicted octanol–water partition coefficient (Wildman–Crippen LogP) is 5.15. The van der Waals surface area contributed by atoms with Gasteiger partial charge in [0.15, 0.2) is 0 Å². The SMILES string of the molecule is CC(=O)C1CCC2C3CC=C4CC(O)(N=[N+]=[N-])CCC4(C)C3CCC12C. The van der Waals surface area contributed by atoms with Crippen LogP contribution in [0.25, 0.3) is 10.4 Å². The molecule has 1 N–H and O–H groups in total. The smallest absolute Gasteiger partial charge is 0.147 e. The van der Waals surface area contributed by atoms with Gasteiger partial charge >= 0.3 is 0 Å². The van der Waals surface area contributed by atoms with Gasteiger partial charge in [0.2, 0.25) is 0 Å². The number of ketones is 1. The molecule has 0 radical (unpaired) electrons. The van der Waals surface area contributed by atoms with Crippen LogP contribution in [0.4, 0.5) is 0 Å². The number of allylic oxidation sites excluding steroid dienone is 1. The van der Waals surface area contributed by atoms with E-state index in [0.717, 1.165) is 25.7 Å². The minimum absolute atomic E-state index is 0.107. The molecule has 0 aromatic heterocycles. The Balaban J connectivity index is 1.65. The van der Waals surface area contributed by atoms with Crippen LogP contribution in [0.2, 0.25) is 0 Å². The van der Waals surface area contributed by atoms with Crippen molar-refractivity contribution in [1.29, 1.82) is 0 Å². The second-order valence-electron chi connectivity index (χ2n) is 9.89. The van der Waals surface area contributed by atoms with Gasteiger partial charge in [0.05, 0.1) is 0 Å². The number of azide groups is 1. The summed E-state index contributed by atoms with van der Waals surface area (Å²) < 4.78 is 0. The zero-order valence-electron chi connectivity index (χ0n) is 16.2. The van der Waals surface area contributed by atoms with Crippen molar-refractivity contribution in [3.8, 4) is 0 Å². The van der Waals surface area contributed by atoms with Crippen molar-refractivity contribution in [3.05, 3.63) is 22.1 Å². The summed E-state index contributed by atoms with van der Waals surface area (Å²) in [6, 6.07) is 0. The second kappa shape index (κ2) is 5.84. The molecule has 0 bridgehead atoms. The molecule has 7 unspecified atom stereocenters. The topological polar surface area (TPSA) is 86.1 Å². The third kappa shape index (κ3) is 2.40. The van der Waals surface area contributed by atoms with E-state index >= 15 is 0 Å². The van der Waals surface area contributed by atoms with Crippen LogP contribution in [0, 0.1) is 34.5 Å². The Morgan fingerprint density at radius 2 is 2.00 bits per heavy atom. The van der Waals surface area contributed by atoms with E-state index in [1.807, 2.05) is 0 Å². The Hall–Kier alpha value is -1.32. The summed E-state index contributed by atoms with van der Waals surface area (Å²) in [5, 5.41) is 14.3. The molecular weight excluding hydrogens is 326 g/mol. The fraction of sp³-hybridized carbons (Fsp3) is 0.857. The molecule has 0 spiro atoms. The van der Waals surface area contributed by atoms with Crippen LogP contribution in [-0.2, 0) is 4.79 Å². The maximum absolute atomic E-state index is 12.2. The molecule has 4 aliphatic carbocycles. The first-order chi connectivity index (χ1) is 12.2. The van der Waals surface area contributed by atoms with Gasteiger partial charge in [-0.1, -0.05) is 30.6 Å². The zero-order chi connectivity index (χ0) is 18.7. The number of carbonyl (C=O) groups is 1. The molecule has 0 aromatic carbocycles. The highest BCUT2D eigenvalue weighted by molar-refractivity contribution is 5.79. The molecule has 3 fully saturated rings. The van der Waals surface area contributed by atoms with Crippen LogP contribution in [-0.4, -0.2) is 16.6 Å². The summed E-state index contributed by atoms with van der Waals surface area (Å²) in [6.45, 7) is 6.52. The molecule has 5 nitrogen and oxygen atoms in total. The van der Waals surface area contributed by atoms with Crippen molar-refractivity contribution < 1.29 is 9.90 Å². The van der Waals surface area contributed by atoms with Gasteiger partial charge in [0.25, 0.3) is 0 Å². The van der Waals surface area contributed by atoms with Crippen molar-refractivity contribution in [3.63, 3.8) is 0 Å². The molecule has 5 heteroatoms. The highest BCUT2D eigenvalue weighted by Gasteiger charge is 2.60. The molecule has 0 heterocycles. The standard InChI is InChI=1S/C21H31N3O2/c1-13(25)16-6-7-17-15-5-4-14-12-21(26,23-24-22)11-10-19(14,2)18(15)8-9-20(16,17)3/h4,15-18,26H,5-12H2,1-3H3. The van der Waals surface area contributed by atoms with Gasteiger partial charge in [-0.05, 0) is 86.0 Å². The summed E-state index contributed by atoms with van der Waals surface area (Å²) in [4.78, 5) is 15.1. The average Bonchev–Trinajstić information content (AvgIpc) is 2.93. The van der Waals surface area contributed by atoms with Crippen molar-refractivity contribution in [2.45, 2.75) is 77.9 Å². The van der Waals surface area contributed by atoms with Gasteiger partial charge in [0, 0.05) is 17.3 Å². The molecular formula is C21H31N3O2. The number of carbonyl (C=O) groups excluding carboxylic acids is 1. The first-order valence-corrected chi connectivity index (χ1v) is 10.2. The molecule has 0 aromatic rings. The van der Waals surface area contributed by atoms with E-state index in [9.17, 15) is 9.90 Å². The largest absolute Gasteiger partial charge is 0.383 e. The summed E-state index contributed by atoms with van der Waals surface area (Å²) >= 11 is 0. The Bertz CT molecular complexity index is 712. The fourth-order valence-corrected chi connectivity index (χ4v) is 7.47. The van der Waals surface area contributed by atoms with Gasteiger partial charge < -0.3 is 5.11 Å². The lowest BCUT2D eigenvalue weighted by Gasteiger charge is -2.58. The molecule has 4 aliphatic rings. The maximum atomic E-state index is 12.2. The third-order valence-corrected chi connectivity index (χ3v) is 8.87. The van der Waals surface area contributed by atoms with Crippen molar-refractivity contribution in [2.75, 3.05) is 0 Å². The monoisotopic (exact) mass is 357 g/mol. The van der Waals surface area contributed by atoms with E-state index in [1.165, 1.54) is 18.4 Å². The summed E-state index contributed by atoms with van der Waals surface area (Å²) in [5.74, 6) is 2.54. The van der Waals surface area contributed by atoms with Gasteiger partial charge in [-0.15, -0.1) is 0 Å². The Morgan fingerprint density at radius 1 is 1.23 bits per heavy atom. The summed E-state index contributed by atoms with van der Waals surface area (Å²) in [5.41, 5.74) is 9.12. The lowest BCUT2D eigenvalue weighted by molar-refractivity contribution is -0.127. The fourth-order valence-electron chi connectivity index (χ4n) is 7.47. The molecule has 0 saturated heterocycles. The van der Waals surface area contributed by atoms with Crippen molar-refractivity contribution in [1.82, 2.24) is 0 Å². The predicted molar refractivity (Wildman–Crippen MR) is 100.0 cm³/mol. The van der Waals surface area contributed by atoms with Crippen LogP contribution in [0.15, 0.2) is 16.8 Å². The van der Waals surface area contributed by atoms with Crippen LogP contribution in [0.5, 0.6) is 0 Å². The first-order valence-electron chi connectivity index (χ1n) is 10.2. The van der Waals surface area contributed by atoms with E-state index in [4.69, 9.17) is 5.53 Å². The van der Waals surface area contributed by atoms with E-state index in [1.54, 1.807) is 6.92 Å². The number of Topliss-reactive ketones (excluding diaryl/α,β-unsaturated/α-hetero) is 1. The van der Waals surface area contributed by atoms with Crippen LogP contribution in [0.1, 0.15) is 72.1 Å². The molecule has 0 aliphatic heterocycles. The number of fused-ring (bicyclic) bond motifs is 5. The van der Waals surface area contributed by atoms with Gasteiger partial charge in [-0.25, -0.2) is 0 Å². The Labute approximate surface area is 155 Å². The van der Waals surface area contributed by atoms with Crippen LogP contribution in [0.3, 0.4) is 0 Å². The molecule has 7 atom stereocenters. The minimum atomic E-state index is -1.25. The molecule has 0 amide bonds. The lowest BCUT2D eigenvalue weighted by atomic mass is 9.47. The van der Waals surface area contributed by atoms with Gasteiger partial charge in [-0.2, -0.15) is 0 Å². The average molecular weight is 357 g/mol. The highest BCUT2D eigenvalue weighted by atomic mass is 16.3. The molecule has 3 saturated carbocycles. The minimum Gasteiger partial charge on any atom is -0.383 e. The molecule has 4 rings (SSSR count). The number of hydrogen-bond acceptors (Lipinski definition) is 3. The number of aliphatic hydroxyl groups is 1. The van der Waals surface area contributed by atoms with E-state index in [-0.39, 0.29) is 16.7 Å². The molecule has 26 heavy (non-hydrogen) atoms. The third-order valence-electron chi connectivity index (χ3n) is 8.87. The zero-order valence-corrected chi connectivity index (χ0v) is 16.2.